The second kappa shape index (κ2) is 4.37. The standard InChI is InChI=1S/C7H14ClNO3S2/c1-13(10,9-14(8,11)12)7-5-3-2-4-6-7/h7H,2-6H2,1H3/t13-/m0/s1. The van der Waals surface area contributed by atoms with E-state index in [9.17, 15) is 12.6 Å². The topological polar surface area (TPSA) is 63.6 Å². The van der Waals surface area contributed by atoms with E-state index in [4.69, 9.17) is 10.7 Å². The van der Waals surface area contributed by atoms with Gasteiger partial charge in [-0.1, -0.05) is 23.0 Å². The molecule has 0 heterocycles. The number of nitrogens with zero attached hydrogens (tertiary/aromatic N) is 1. The highest BCUT2D eigenvalue weighted by molar-refractivity contribution is 8.17. The average molecular weight is 260 g/mol. The lowest BCUT2D eigenvalue weighted by Crippen LogP contribution is -2.23. The number of hydrogen-bond acceptors (Lipinski definition) is 3. The zero-order chi connectivity index (χ0) is 10.8. The molecule has 84 valence electrons. The molecular weight excluding hydrogens is 246 g/mol. The molecule has 14 heavy (non-hydrogen) atoms. The summed E-state index contributed by atoms with van der Waals surface area (Å²) in [6.07, 6.45) is 6.06. The Kier molecular flexibility index (Phi) is 3.82. The van der Waals surface area contributed by atoms with Gasteiger partial charge in [-0.2, -0.15) is 8.42 Å². The lowest BCUT2D eigenvalue weighted by atomic mass is 10.0. The number of rotatable bonds is 2. The molecule has 1 saturated carbocycles. The van der Waals surface area contributed by atoms with Gasteiger partial charge in [-0.05, 0) is 12.8 Å². The third-order valence-corrected chi connectivity index (χ3v) is 6.52. The Morgan fingerprint density at radius 2 is 1.64 bits per heavy atom. The van der Waals surface area contributed by atoms with Crippen LogP contribution in [0.25, 0.3) is 0 Å². The van der Waals surface area contributed by atoms with Crippen LogP contribution in [0.15, 0.2) is 3.77 Å². The van der Waals surface area contributed by atoms with Crippen molar-refractivity contribution in [2.75, 3.05) is 6.26 Å². The van der Waals surface area contributed by atoms with Crippen LogP contribution in [0.2, 0.25) is 0 Å². The third kappa shape index (κ3) is 3.74. The summed E-state index contributed by atoms with van der Waals surface area (Å²) in [7, 11) is -1.73. The second-order valence-corrected chi connectivity index (χ2v) is 8.59. The predicted molar refractivity (Wildman–Crippen MR) is 58.1 cm³/mol. The van der Waals surface area contributed by atoms with E-state index in [0.29, 0.717) is 0 Å². The molecule has 0 bridgehead atoms. The minimum absolute atomic E-state index is 0.121. The minimum Gasteiger partial charge on any atom is -0.249 e. The zero-order valence-electron chi connectivity index (χ0n) is 7.98. The van der Waals surface area contributed by atoms with Gasteiger partial charge in [0.1, 0.15) is 0 Å². The van der Waals surface area contributed by atoms with Crippen LogP contribution in [0.4, 0.5) is 0 Å². The monoisotopic (exact) mass is 259 g/mol. The second-order valence-electron chi connectivity index (χ2n) is 3.61. The first-order chi connectivity index (χ1) is 6.31. The molecule has 1 atom stereocenters. The first kappa shape index (κ1) is 12.3. The van der Waals surface area contributed by atoms with Crippen molar-refractivity contribution in [3.05, 3.63) is 0 Å². The van der Waals surface area contributed by atoms with Gasteiger partial charge in [0, 0.05) is 22.2 Å². The van der Waals surface area contributed by atoms with E-state index >= 15 is 0 Å². The van der Waals surface area contributed by atoms with Gasteiger partial charge in [-0.25, -0.2) is 4.21 Å². The molecule has 0 unspecified atom stereocenters. The van der Waals surface area contributed by atoms with Gasteiger partial charge in [-0.3, -0.25) is 0 Å². The molecular formula is C7H14ClNO3S2. The van der Waals surface area contributed by atoms with Crippen molar-refractivity contribution in [1.82, 2.24) is 0 Å². The Hall–Kier alpha value is 0.190. The van der Waals surface area contributed by atoms with E-state index in [2.05, 4.69) is 3.77 Å². The summed E-state index contributed by atoms with van der Waals surface area (Å²) in [5, 5.41) is -0.121. The van der Waals surface area contributed by atoms with Crippen LogP contribution in [0.5, 0.6) is 0 Å². The molecule has 0 aromatic rings. The van der Waals surface area contributed by atoms with Crippen LogP contribution in [-0.2, 0) is 19.0 Å². The Morgan fingerprint density at radius 1 is 1.14 bits per heavy atom. The highest BCUT2D eigenvalue weighted by Crippen LogP contribution is 2.25. The quantitative estimate of drug-likeness (QED) is 0.712. The lowest BCUT2D eigenvalue weighted by Gasteiger charge is -2.21. The summed E-state index contributed by atoms with van der Waals surface area (Å²) in [5.74, 6) is 0. The maximum Gasteiger partial charge on any atom is 0.347 e. The van der Waals surface area contributed by atoms with E-state index in [-0.39, 0.29) is 5.25 Å². The van der Waals surface area contributed by atoms with E-state index in [0.717, 1.165) is 32.1 Å². The Morgan fingerprint density at radius 3 is 2.07 bits per heavy atom. The highest BCUT2D eigenvalue weighted by Gasteiger charge is 2.23. The van der Waals surface area contributed by atoms with Gasteiger partial charge in [0.25, 0.3) is 0 Å². The summed E-state index contributed by atoms with van der Waals surface area (Å²) in [6.45, 7) is 0. The van der Waals surface area contributed by atoms with Crippen LogP contribution in [-0.4, -0.2) is 24.1 Å². The van der Waals surface area contributed by atoms with Crippen molar-refractivity contribution < 1.29 is 12.6 Å². The molecule has 0 saturated heterocycles. The molecule has 1 rings (SSSR count). The Balaban J connectivity index is 2.94. The van der Waals surface area contributed by atoms with Crippen molar-refractivity contribution in [2.24, 2.45) is 3.77 Å². The van der Waals surface area contributed by atoms with Crippen molar-refractivity contribution in [1.29, 1.82) is 0 Å². The Bertz CT molecular complexity index is 403. The fourth-order valence-electron chi connectivity index (χ4n) is 1.74. The lowest BCUT2D eigenvalue weighted by molar-refractivity contribution is 0.503. The zero-order valence-corrected chi connectivity index (χ0v) is 10.4. The van der Waals surface area contributed by atoms with Crippen LogP contribution in [0.3, 0.4) is 0 Å². The van der Waals surface area contributed by atoms with Crippen LogP contribution < -0.4 is 0 Å². The summed E-state index contributed by atoms with van der Waals surface area (Å²) < 4.78 is 36.6. The average Bonchev–Trinajstić information content (AvgIpc) is 2.01. The molecule has 0 aromatic carbocycles. The number of hydrogen-bond donors (Lipinski definition) is 0. The minimum atomic E-state index is -4.01. The van der Waals surface area contributed by atoms with Gasteiger partial charge in [0.2, 0.25) is 0 Å². The van der Waals surface area contributed by atoms with Gasteiger partial charge < -0.3 is 0 Å². The van der Waals surface area contributed by atoms with Crippen molar-refractivity contribution in [2.45, 2.75) is 37.4 Å². The van der Waals surface area contributed by atoms with Crippen molar-refractivity contribution in [3.8, 4) is 0 Å². The number of halogens is 1. The molecule has 0 N–H and O–H groups in total. The van der Waals surface area contributed by atoms with E-state index in [1.807, 2.05) is 0 Å². The highest BCUT2D eigenvalue weighted by atomic mass is 35.7. The Labute approximate surface area is 89.8 Å². The van der Waals surface area contributed by atoms with Crippen LogP contribution in [0.1, 0.15) is 32.1 Å². The summed E-state index contributed by atoms with van der Waals surface area (Å²) in [5.41, 5.74) is 0. The largest absolute Gasteiger partial charge is 0.347 e. The smallest absolute Gasteiger partial charge is 0.249 e. The molecule has 7 heteroatoms. The molecule has 1 aliphatic carbocycles. The molecule has 0 amide bonds. The SMILES string of the molecule is C[S@@](=O)(=NS(=O)(=O)Cl)C1CCCCC1. The maximum atomic E-state index is 11.9. The third-order valence-electron chi connectivity index (χ3n) is 2.41. The summed E-state index contributed by atoms with van der Waals surface area (Å²) in [6, 6.07) is 0. The molecule has 0 radical (unpaired) electrons. The fourth-order valence-corrected chi connectivity index (χ4v) is 5.86. The van der Waals surface area contributed by atoms with E-state index in [1.54, 1.807) is 0 Å². The summed E-state index contributed by atoms with van der Waals surface area (Å²) >= 11 is 0. The molecule has 4 nitrogen and oxygen atoms in total. The first-order valence-corrected chi connectivity index (χ1v) is 8.73. The van der Waals surface area contributed by atoms with Gasteiger partial charge >= 0.3 is 9.24 Å². The van der Waals surface area contributed by atoms with E-state index < -0.39 is 19.0 Å². The van der Waals surface area contributed by atoms with Gasteiger partial charge in [-0.15, -0.1) is 0 Å². The van der Waals surface area contributed by atoms with Crippen LogP contribution in [0, 0.1) is 0 Å². The molecule has 0 aromatic heterocycles. The van der Waals surface area contributed by atoms with Crippen molar-refractivity contribution in [3.63, 3.8) is 0 Å². The molecule has 1 fully saturated rings. The molecule has 0 spiro atoms. The molecule has 1 aliphatic rings. The van der Waals surface area contributed by atoms with Gasteiger partial charge in [0.15, 0.2) is 0 Å². The predicted octanol–water partition coefficient (Wildman–Crippen LogP) is 1.90. The van der Waals surface area contributed by atoms with Crippen molar-refractivity contribution >= 4 is 29.6 Å². The van der Waals surface area contributed by atoms with Crippen LogP contribution >= 0.6 is 10.7 Å². The first-order valence-electron chi connectivity index (χ1n) is 4.48. The normalized spacial score (nSPS) is 24.1. The fraction of sp³-hybridized carbons (Fsp3) is 1.00. The maximum absolute atomic E-state index is 11.9. The van der Waals surface area contributed by atoms with Gasteiger partial charge in [0.05, 0.1) is 9.73 Å². The van der Waals surface area contributed by atoms with E-state index in [1.165, 1.54) is 6.26 Å². The summed E-state index contributed by atoms with van der Waals surface area (Å²) in [4.78, 5) is 0. The molecule has 0 aliphatic heterocycles.